The van der Waals surface area contributed by atoms with Crippen LogP contribution in [-0.4, -0.2) is 21.6 Å². The lowest BCUT2D eigenvalue weighted by Crippen LogP contribution is -2.32. The summed E-state index contributed by atoms with van der Waals surface area (Å²) < 4.78 is 32.6. The topological polar surface area (TPSA) is 81.4 Å². The number of hydrogen-bond acceptors (Lipinski definition) is 4. The Bertz CT molecular complexity index is 537. The standard InChI is InChI=1S/C13H20N2O3S/c1-18-12-8-10(9-14)6-7-13(12)19(16,17)15-11-4-2-3-5-11/h6-8,11,15H,2-5,9,14H2,1H3. The molecule has 0 atom stereocenters. The van der Waals surface area contributed by atoms with Crippen LogP contribution in [-0.2, 0) is 16.6 Å². The molecule has 2 rings (SSSR count). The van der Waals surface area contributed by atoms with Gasteiger partial charge in [0.15, 0.2) is 0 Å². The van der Waals surface area contributed by atoms with Gasteiger partial charge in [0.1, 0.15) is 10.6 Å². The van der Waals surface area contributed by atoms with Crippen molar-refractivity contribution in [1.82, 2.24) is 4.72 Å². The van der Waals surface area contributed by atoms with Crippen LogP contribution in [0.3, 0.4) is 0 Å². The van der Waals surface area contributed by atoms with Gasteiger partial charge in [0.25, 0.3) is 0 Å². The van der Waals surface area contributed by atoms with E-state index in [1.54, 1.807) is 18.2 Å². The van der Waals surface area contributed by atoms with E-state index in [4.69, 9.17) is 10.5 Å². The number of nitrogens with two attached hydrogens (primary N) is 1. The van der Waals surface area contributed by atoms with Crippen LogP contribution in [0.1, 0.15) is 31.2 Å². The maximum Gasteiger partial charge on any atom is 0.244 e. The minimum absolute atomic E-state index is 0.0453. The maximum atomic E-state index is 12.3. The first kappa shape index (κ1) is 14.3. The quantitative estimate of drug-likeness (QED) is 0.855. The van der Waals surface area contributed by atoms with Gasteiger partial charge in [0.05, 0.1) is 7.11 Å². The summed E-state index contributed by atoms with van der Waals surface area (Å²) in [6.07, 6.45) is 3.97. The van der Waals surface area contributed by atoms with Crippen LogP contribution in [0.15, 0.2) is 23.1 Å². The fourth-order valence-electron chi connectivity index (χ4n) is 2.39. The zero-order valence-corrected chi connectivity index (χ0v) is 11.9. The molecule has 5 nitrogen and oxygen atoms in total. The fraction of sp³-hybridized carbons (Fsp3) is 0.538. The van der Waals surface area contributed by atoms with Crippen molar-refractivity contribution in [2.45, 2.75) is 43.2 Å². The predicted molar refractivity (Wildman–Crippen MR) is 73.5 cm³/mol. The number of nitrogens with one attached hydrogen (secondary N) is 1. The maximum absolute atomic E-state index is 12.3. The van der Waals surface area contributed by atoms with Gasteiger partial charge < -0.3 is 10.5 Å². The molecule has 6 heteroatoms. The summed E-state index contributed by atoms with van der Waals surface area (Å²) in [5.41, 5.74) is 6.39. The Labute approximate surface area is 114 Å². The molecule has 1 aromatic carbocycles. The average Bonchev–Trinajstić information content (AvgIpc) is 2.89. The fourth-order valence-corrected chi connectivity index (χ4v) is 3.84. The largest absolute Gasteiger partial charge is 0.495 e. The average molecular weight is 284 g/mol. The molecule has 0 bridgehead atoms. The first-order valence-electron chi connectivity index (χ1n) is 6.46. The van der Waals surface area contributed by atoms with Crippen LogP contribution in [0.2, 0.25) is 0 Å². The van der Waals surface area contributed by atoms with Gasteiger partial charge in [0.2, 0.25) is 10.0 Å². The Kier molecular flexibility index (Phi) is 4.44. The monoisotopic (exact) mass is 284 g/mol. The Morgan fingerprint density at radius 3 is 2.63 bits per heavy atom. The summed E-state index contributed by atoms with van der Waals surface area (Å²) in [5.74, 6) is 0.341. The molecule has 1 aliphatic rings. The molecule has 1 saturated carbocycles. The lowest BCUT2D eigenvalue weighted by atomic mass is 10.2. The van der Waals surface area contributed by atoms with E-state index < -0.39 is 10.0 Å². The SMILES string of the molecule is COc1cc(CN)ccc1S(=O)(=O)NC1CCCC1. The van der Waals surface area contributed by atoms with Gasteiger partial charge in [-0.25, -0.2) is 13.1 Å². The number of benzene rings is 1. The lowest BCUT2D eigenvalue weighted by Gasteiger charge is -2.15. The van der Waals surface area contributed by atoms with Crippen molar-refractivity contribution < 1.29 is 13.2 Å². The van der Waals surface area contributed by atoms with Crippen molar-refractivity contribution in [3.05, 3.63) is 23.8 Å². The van der Waals surface area contributed by atoms with E-state index in [0.717, 1.165) is 31.2 Å². The first-order valence-corrected chi connectivity index (χ1v) is 7.94. The molecule has 0 spiro atoms. The van der Waals surface area contributed by atoms with E-state index in [2.05, 4.69) is 4.72 Å². The minimum atomic E-state index is -3.53. The van der Waals surface area contributed by atoms with Gasteiger partial charge in [-0.15, -0.1) is 0 Å². The third-order valence-electron chi connectivity index (χ3n) is 3.43. The van der Waals surface area contributed by atoms with Crippen LogP contribution in [0.25, 0.3) is 0 Å². The molecule has 1 aromatic rings. The van der Waals surface area contributed by atoms with E-state index in [-0.39, 0.29) is 10.9 Å². The summed E-state index contributed by atoms with van der Waals surface area (Å²) in [6.45, 7) is 0.354. The Morgan fingerprint density at radius 1 is 1.37 bits per heavy atom. The number of methoxy groups -OCH3 is 1. The van der Waals surface area contributed by atoms with Gasteiger partial charge in [-0.05, 0) is 30.5 Å². The second-order valence-corrected chi connectivity index (χ2v) is 6.47. The predicted octanol–water partition coefficient (Wildman–Crippen LogP) is 1.37. The third kappa shape index (κ3) is 3.26. The smallest absolute Gasteiger partial charge is 0.244 e. The first-order chi connectivity index (χ1) is 9.06. The molecule has 0 aliphatic heterocycles. The van der Waals surface area contributed by atoms with Gasteiger partial charge in [-0.1, -0.05) is 18.9 Å². The molecular formula is C13H20N2O3S. The van der Waals surface area contributed by atoms with E-state index in [0.29, 0.717) is 12.3 Å². The van der Waals surface area contributed by atoms with Crippen molar-refractivity contribution in [3.8, 4) is 5.75 Å². The summed E-state index contributed by atoms with van der Waals surface area (Å²) in [4.78, 5) is 0.180. The second kappa shape index (κ2) is 5.90. The highest BCUT2D eigenvalue weighted by atomic mass is 32.2. The molecule has 1 aliphatic carbocycles. The van der Waals surface area contributed by atoms with Crippen molar-refractivity contribution in [2.75, 3.05) is 7.11 Å². The molecule has 0 amide bonds. The Morgan fingerprint density at radius 2 is 2.05 bits per heavy atom. The minimum Gasteiger partial charge on any atom is -0.495 e. The number of sulfonamides is 1. The van der Waals surface area contributed by atoms with Crippen molar-refractivity contribution in [2.24, 2.45) is 5.73 Å². The van der Waals surface area contributed by atoms with Crippen molar-refractivity contribution in [3.63, 3.8) is 0 Å². The van der Waals surface area contributed by atoms with Crippen LogP contribution < -0.4 is 15.2 Å². The normalized spacial score (nSPS) is 16.7. The number of ether oxygens (including phenoxy) is 1. The van der Waals surface area contributed by atoms with E-state index in [1.807, 2.05) is 0 Å². The van der Waals surface area contributed by atoms with Crippen molar-refractivity contribution >= 4 is 10.0 Å². The number of rotatable bonds is 5. The lowest BCUT2D eigenvalue weighted by molar-refractivity contribution is 0.401. The summed E-state index contributed by atoms with van der Waals surface area (Å²) >= 11 is 0. The molecule has 19 heavy (non-hydrogen) atoms. The van der Waals surface area contributed by atoms with E-state index in [9.17, 15) is 8.42 Å². The molecule has 0 aromatic heterocycles. The Balaban J connectivity index is 2.28. The van der Waals surface area contributed by atoms with E-state index in [1.165, 1.54) is 7.11 Å². The summed E-state index contributed by atoms with van der Waals surface area (Å²) in [5, 5.41) is 0. The van der Waals surface area contributed by atoms with Gasteiger partial charge in [-0.2, -0.15) is 0 Å². The molecule has 0 saturated heterocycles. The molecule has 0 heterocycles. The molecule has 3 N–H and O–H groups in total. The molecule has 0 radical (unpaired) electrons. The van der Waals surface area contributed by atoms with Crippen molar-refractivity contribution in [1.29, 1.82) is 0 Å². The van der Waals surface area contributed by atoms with Gasteiger partial charge in [0, 0.05) is 12.6 Å². The van der Waals surface area contributed by atoms with Crippen LogP contribution in [0, 0.1) is 0 Å². The second-order valence-electron chi connectivity index (χ2n) is 4.79. The van der Waals surface area contributed by atoms with E-state index >= 15 is 0 Å². The van der Waals surface area contributed by atoms with Crippen LogP contribution >= 0.6 is 0 Å². The molecule has 0 unspecified atom stereocenters. The number of hydrogen-bond donors (Lipinski definition) is 2. The highest BCUT2D eigenvalue weighted by Crippen LogP contribution is 2.27. The highest BCUT2D eigenvalue weighted by Gasteiger charge is 2.25. The zero-order chi connectivity index (χ0) is 13.9. The zero-order valence-electron chi connectivity index (χ0n) is 11.1. The highest BCUT2D eigenvalue weighted by molar-refractivity contribution is 7.89. The molecular weight excluding hydrogens is 264 g/mol. The van der Waals surface area contributed by atoms with Crippen LogP contribution in [0.5, 0.6) is 5.75 Å². The third-order valence-corrected chi connectivity index (χ3v) is 4.99. The molecule has 1 fully saturated rings. The summed E-state index contributed by atoms with van der Waals surface area (Å²) in [6, 6.07) is 4.98. The van der Waals surface area contributed by atoms with Gasteiger partial charge in [-0.3, -0.25) is 0 Å². The summed E-state index contributed by atoms with van der Waals surface area (Å²) in [7, 11) is -2.06. The van der Waals surface area contributed by atoms with Gasteiger partial charge >= 0.3 is 0 Å². The Hall–Kier alpha value is -1.11. The van der Waals surface area contributed by atoms with Crippen LogP contribution in [0.4, 0.5) is 0 Å². The molecule has 106 valence electrons.